The third-order valence-corrected chi connectivity index (χ3v) is 3.57. The van der Waals surface area contributed by atoms with Crippen LogP contribution in [0.2, 0.25) is 0 Å². The second-order valence-corrected chi connectivity index (χ2v) is 5.44. The molecule has 3 nitrogen and oxygen atoms in total. The first kappa shape index (κ1) is 17.7. The average molecular weight is 292 g/mol. The minimum atomic E-state index is -0.281. The van der Waals surface area contributed by atoms with Crippen molar-refractivity contribution in [2.24, 2.45) is 0 Å². The molecule has 0 aliphatic rings. The lowest BCUT2D eigenvalue weighted by Crippen LogP contribution is -2.09. The summed E-state index contributed by atoms with van der Waals surface area (Å²) in [5.74, 6) is -0.160. The van der Waals surface area contributed by atoms with E-state index >= 15 is 0 Å². The molecule has 21 heavy (non-hydrogen) atoms. The maximum atomic E-state index is 11.2. The highest BCUT2D eigenvalue weighted by Gasteiger charge is 2.07. The first-order chi connectivity index (χ1) is 10.2. The summed E-state index contributed by atoms with van der Waals surface area (Å²) in [5, 5.41) is 9.86. The molecule has 1 aromatic carbocycles. The molecule has 0 saturated heterocycles. The van der Waals surface area contributed by atoms with E-state index in [9.17, 15) is 9.90 Å². The molecule has 0 aliphatic carbocycles. The number of esters is 1. The second kappa shape index (κ2) is 11.3. The number of aliphatic hydroxyl groups is 1. The van der Waals surface area contributed by atoms with Crippen LogP contribution in [0.4, 0.5) is 0 Å². The van der Waals surface area contributed by atoms with Crippen LogP contribution >= 0.6 is 0 Å². The molecular formula is C18H28O3. The third kappa shape index (κ3) is 9.24. The molecule has 0 aromatic heterocycles. The van der Waals surface area contributed by atoms with Crippen molar-refractivity contribution in [3.05, 3.63) is 35.9 Å². The maximum absolute atomic E-state index is 11.2. The van der Waals surface area contributed by atoms with Crippen LogP contribution in [0.15, 0.2) is 30.3 Å². The summed E-state index contributed by atoms with van der Waals surface area (Å²) in [6.45, 7) is 2.24. The molecule has 1 aromatic rings. The Labute approximate surface area is 128 Å². The van der Waals surface area contributed by atoms with Crippen molar-refractivity contribution in [1.82, 2.24) is 0 Å². The second-order valence-electron chi connectivity index (χ2n) is 5.44. The van der Waals surface area contributed by atoms with Crippen LogP contribution in [0.1, 0.15) is 57.4 Å². The molecule has 3 heteroatoms. The van der Waals surface area contributed by atoms with Gasteiger partial charge in [-0.15, -0.1) is 0 Å². The average Bonchev–Trinajstić information content (AvgIpc) is 2.48. The SMILES string of the molecule is CCOC(=O)CCC[C@H](O)CCCCCc1ccccc1. The van der Waals surface area contributed by atoms with Crippen LogP contribution in [0.25, 0.3) is 0 Å². The molecule has 0 amide bonds. The van der Waals surface area contributed by atoms with E-state index in [1.165, 1.54) is 12.0 Å². The van der Waals surface area contributed by atoms with Gasteiger partial charge in [0.05, 0.1) is 12.7 Å². The number of aliphatic hydroxyl groups excluding tert-OH is 1. The number of unbranched alkanes of at least 4 members (excludes halogenated alkanes) is 2. The lowest BCUT2D eigenvalue weighted by Gasteiger charge is -2.10. The van der Waals surface area contributed by atoms with Gasteiger partial charge in [-0.25, -0.2) is 0 Å². The van der Waals surface area contributed by atoms with E-state index in [4.69, 9.17) is 4.74 Å². The Morgan fingerprint density at radius 1 is 1.10 bits per heavy atom. The quantitative estimate of drug-likeness (QED) is 0.497. The minimum absolute atomic E-state index is 0.160. The van der Waals surface area contributed by atoms with Gasteiger partial charge in [0.2, 0.25) is 0 Å². The summed E-state index contributed by atoms with van der Waals surface area (Å²) < 4.78 is 4.86. The van der Waals surface area contributed by atoms with Gasteiger partial charge in [-0.1, -0.05) is 43.2 Å². The summed E-state index contributed by atoms with van der Waals surface area (Å²) >= 11 is 0. The van der Waals surface area contributed by atoms with Crippen LogP contribution < -0.4 is 0 Å². The first-order valence-corrected chi connectivity index (χ1v) is 8.10. The number of carbonyl (C=O) groups excluding carboxylic acids is 1. The van der Waals surface area contributed by atoms with Crippen LogP contribution in [0, 0.1) is 0 Å². The number of hydrogen-bond donors (Lipinski definition) is 1. The normalized spacial score (nSPS) is 12.1. The molecule has 0 heterocycles. The number of ether oxygens (including phenoxy) is 1. The first-order valence-electron chi connectivity index (χ1n) is 8.10. The van der Waals surface area contributed by atoms with E-state index in [0.29, 0.717) is 25.9 Å². The van der Waals surface area contributed by atoms with Gasteiger partial charge >= 0.3 is 5.97 Å². The Kier molecular flexibility index (Phi) is 9.55. The van der Waals surface area contributed by atoms with Gasteiger partial charge in [0.15, 0.2) is 0 Å². The van der Waals surface area contributed by atoms with Crippen molar-refractivity contribution < 1.29 is 14.6 Å². The zero-order chi connectivity index (χ0) is 15.3. The lowest BCUT2D eigenvalue weighted by atomic mass is 10.0. The maximum Gasteiger partial charge on any atom is 0.305 e. The molecular weight excluding hydrogens is 264 g/mol. The summed E-state index contributed by atoms with van der Waals surface area (Å²) in [6.07, 6.45) is 6.84. The molecule has 0 radical (unpaired) electrons. The minimum Gasteiger partial charge on any atom is -0.466 e. The Hall–Kier alpha value is -1.35. The molecule has 0 unspecified atom stereocenters. The molecule has 0 bridgehead atoms. The van der Waals surface area contributed by atoms with E-state index < -0.39 is 0 Å². The molecule has 0 spiro atoms. The third-order valence-electron chi connectivity index (χ3n) is 3.57. The molecule has 1 atom stereocenters. The molecule has 0 saturated carbocycles. The Morgan fingerprint density at radius 3 is 2.52 bits per heavy atom. The zero-order valence-electron chi connectivity index (χ0n) is 13.1. The Morgan fingerprint density at radius 2 is 1.81 bits per heavy atom. The predicted octanol–water partition coefficient (Wildman–Crippen LogP) is 3.88. The summed E-state index contributed by atoms with van der Waals surface area (Å²) in [6, 6.07) is 10.5. The van der Waals surface area contributed by atoms with Crippen molar-refractivity contribution in [2.45, 2.75) is 64.4 Å². The smallest absolute Gasteiger partial charge is 0.305 e. The summed E-state index contributed by atoms with van der Waals surface area (Å²) in [7, 11) is 0. The van der Waals surface area contributed by atoms with Gasteiger partial charge in [0, 0.05) is 6.42 Å². The van der Waals surface area contributed by atoms with E-state index in [-0.39, 0.29) is 12.1 Å². The number of rotatable bonds is 11. The summed E-state index contributed by atoms with van der Waals surface area (Å²) in [5.41, 5.74) is 1.38. The lowest BCUT2D eigenvalue weighted by molar-refractivity contribution is -0.143. The highest BCUT2D eigenvalue weighted by molar-refractivity contribution is 5.69. The molecule has 0 fully saturated rings. The van der Waals surface area contributed by atoms with Gasteiger partial charge in [-0.3, -0.25) is 4.79 Å². The van der Waals surface area contributed by atoms with Crippen molar-refractivity contribution in [1.29, 1.82) is 0 Å². The van der Waals surface area contributed by atoms with Gasteiger partial charge in [0.1, 0.15) is 0 Å². The molecule has 1 rings (SSSR count). The van der Waals surface area contributed by atoms with Crippen LogP contribution in [-0.4, -0.2) is 23.8 Å². The van der Waals surface area contributed by atoms with Crippen molar-refractivity contribution >= 4 is 5.97 Å². The fraction of sp³-hybridized carbons (Fsp3) is 0.611. The fourth-order valence-corrected chi connectivity index (χ4v) is 2.39. The van der Waals surface area contributed by atoms with Crippen molar-refractivity contribution in [3.8, 4) is 0 Å². The van der Waals surface area contributed by atoms with Crippen LogP contribution in [0.3, 0.4) is 0 Å². The molecule has 0 aliphatic heterocycles. The highest BCUT2D eigenvalue weighted by atomic mass is 16.5. The van der Waals surface area contributed by atoms with Gasteiger partial charge in [-0.05, 0) is 44.6 Å². The monoisotopic (exact) mass is 292 g/mol. The predicted molar refractivity (Wildman–Crippen MR) is 85.1 cm³/mol. The van der Waals surface area contributed by atoms with Crippen LogP contribution in [-0.2, 0) is 16.0 Å². The van der Waals surface area contributed by atoms with Crippen molar-refractivity contribution in [3.63, 3.8) is 0 Å². The Balaban J connectivity index is 1.96. The highest BCUT2D eigenvalue weighted by Crippen LogP contribution is 2.12. The fourth-order valence-electron chi connectivity index (χ4n) is 2.39. The van der Waals surface area contributed by atoms with E-state index in [0.717, 1.165) is 25.7 Å². The Bertz CT molecular complexity index is 375. The van der Waals surface area contributed by atoms with E-state index in [1.54, 1.807) is 0 Å². The van der Waals surface area contributed by atoms with Gasteiger partial charge in [-0.2, -0.15) is 0 Å². The van der Waals surface area contributed by atoms with Crippen molar-refractivity contribution in [2.75, 3.05) is 6.61 Å². The number of hydrogen-bond acceptors (Lipinski definition) is 3. The number of carbonyl (C=O) groups is 1. The largest absolute Gasteiger partial charge is 0.466 e. The zero-order valence-corrected chi connectivity index (χ0v) is 13.1. The molecule has 118 valence electrons. The topological polar surface area (TPSA) is 46.5 Å². The van der Waals surface area contributed by atoms with Gasteiger partial charge < -0.3 is 9.84 Å². The van der Waals surface area contributed by atoms with E-state index in [2.05, 4.69) is 24.3 Å². The molecule has 1 N–H and O–H groups in total. The standard InChI is InChI=1S/C18H28O3/c1-2-21-18(20)15-9-14-17(19)13-8-4-7-12-16-10-5-3-6-11-16/h3,5-6,10-11,17,19H,2,4,7-9,12-15H2,1H3/t17-/m1/s1. The van der Waals surface area contributed by atoms with Crippen LogP contribution in [0.5, 0.6) is 0 Å². The number of aryl methyl sites for hydroxylation is 1. The van der Waals surface area contributed by atoms with Gasteiger partial charge in [0.25, 0.3) is 0 Å². The summed E-state index contributed by atoms with van der Waals surface area (Å²) in [4.78, 5) is 11.2. The number of benzene rings is 1. The van der Waals surface area contributed by atoms with E-state index in [1.807, 2.05) is 13.0 Å².